The quantitative estimate of drug-likeness (QED) is 0.609. The minimum absolute atomic E-state index is 0.101. The van der Waals surface area contributed by atoms with Gasteiger partial charge in [-0.25, -0.2) is 0 Å². The number of hydrogen-bond acceptors (Lipinski definition) is 4. The first kappa shape index (κ1) is 11.0. The Labute approximate surface area is 105 Å². The second-order valence-corrected chi connectivity index (χ2v) is 4.50. The highest BCUT2D eigenvalue weighted by Crippen LogP contribution is 2.41. The van der Waals surface area contributed by atoms with Crippen molar-refractivity contribution in [3.63, 3.8) is 0 Å². The van der Waals surface area contributed by atoms with Gasteiger partial charge in [-0.15, -0.1) is 0 Å². The average molecular weight is 243 g/mol. The first-order valence-corrected chi connectivity index (χ1v) is 6.02. The molecule has 4 heteroatoms. The molecule has 3 rings (SSSR count). The van der Waals surface area contributed by atoms with Gasteiger partial charge in [0.15, 0.2) is 5.78 Å². The Morgan fingerprint density at radius 3 is 2.72 bits per heavy atom. The summed E-state index contributed by atoms with van der Waals surface area (Å²) < 4.78 is 5.51. The second-order valence-electron chi connectivity index (χ2n) is 4.50. The minimum Gasteiger partial charge on any atom is -0.443 e. The van der Waals surface area contributed by atoms with E-state index in [-0.39, 0.29) is 17.6 Å². The van der Waals surface area contributed by atoms with E-state index in [2.05, 4.69) is 5.16 Å². The van der Waals surface area contributed by atoms with E-state index in [1.807, 2.05) is 30.3 Å². The second kappa shape index (κ2) is 4.29. The van der Waals surface area contributed by atoms with Crippen LogP contribution >= 0.6 is 0 Å². The van der Waals surface area contributed by atoms with Gasteiger partial charge in [0, 0.05) is 12.8 Å². The molecule has 1 N–H and O–H groups in total. The van der Waals surface area contributed by atoms with Crippen LogP contribution in [0.1, 0.15) is 30.7 Å². The van der Waals surface area contributed by atoms with Crippen molar-refractivity contribution in [3.8, 4) is 0 Å². The highest BCUT2D eigenvalue weighted by atomic mass is 16.5. The molecule has 0 unspecified atom stereocenters. The Kier molecular flexibility index (Phi) is 2.63. The van der Waals surface area contributed by atoms with E-state index in [1.165, 1.54) is 0 Å². The van der Waals surface area contributed by atoms with Gasteiger partial charge in [-0.3, -0.25) is 4.79 Å². The number of carbonyl (C=O) groups excluding carboxylic acids is 1. The number of oxime groups is 1. The summed E-state index contributed by atoms with van der Waals surface area (Å²) in [4.78, 5) is 12.0. The number of ether oxygens (including phenoxy) is 1. The van der Waals surface area contributed by atoms with Crippen molar-refractivity contribution in [2.75, 3.05) is 0 Å². The summed E-state index contributed by atoms with van der Waals surface area (Å²) in [6.45, 7) is 0. The lowest BCUT2D eigenvalue weighted by atomic mass is 9.84. The summed E-state index contributed by atoms with van der Waals surface area (Å²) in [5.74, 6) is 0.636. The first-order valence-electron chi connectivity index (χ1n) is 6.02. The van der Waals surface area contributed by atoms with Gasteiger partial charge < -0.3 is 9.94 Å². The van der Waals surface area contributed by atoms with Crippen LogP contribution in [0.25, 0.3) is 0 Å². The number of Topliss-reactive ketones (excluding diaryl/α,β-unsaturated/α-hetero) is 1. The van der Waals surface area contributed by atoms with Crippen molar-refractivity contribution in [3.05, 3.63) is 47.2 Å². The van der Waals surface area contributed by atoms with Gasteiger partial charge >= 0.3 is 0 Å². The van der Waals surface area contributed by atoms with Crippen LogP contribution in [-0.2, 0) is 9.53 Å². The van der Waals surface area contributed by atoms with Gasteiger partial charge in [0.05, 0.1) is 11.5 Å². The fourth-order valence-corrected chi connectivity index (χ4v) is 2.60. The number of rotatable bonds is 1. The largest absolute Gasteiger partial charge is 0.443 e. The molecule has 0 spiro atoms. The van der Waals surface area contributed by atoms with Crippen molar-refractivity contribution in [2.45, 2.75) is 25.2 Å². The molecule has 0 bridgehead atoms. The molecule has 1 aromatic rings. The number of benzene rings is 1. The molecule has 92 valence electrons. The van der Waals surface area contributed by atoms with Gasteiger partial charge in [0.25, 0.3) is 0 Å². The summed E-state index contributed by atoms with van der Waals surface area (Å²) in [6, 6.07) is 9.54. The van der Waals surface area contributed by atoms with Crippen molar-refractivity contribution < 1.29 is 14.7 Å². The highest BCUT2D eigenvalue weighted by Gasteiger charge is 2.40. The molecular weight excluding hydrogens is 230 g/mol. The molecule has 2 aliphatic rings. The van der Waals surface area contributed by atoms with E-state index in [9.17, 15) is 4.79 Å². The summed E-state index contributed by atoms with van der Waals surface area (Å²) in [5.41, 5.74) is 1.59. The molecule has 0 radical (unpaired) electrons. The van der Waals surface area contributed by atoms with E-state index in [4.69, 9.17) is 9.94 Å². The van der Waals surface area contributed by atoms with Crippen LogP contribution in [0.2, 0.25) is 0 Å². The van der Waals surface area contributed by atoms with E-state index in [0.29, 0.717) is 17.8 Å². The van der Waals surface area contributed by atoms with Crippen LogP contribution in [0.4, 0.5) is 0 Å². The lowest BCUT2D eigenvalue weighted by molar-refractivity contribution is -0.116. The van der Waals surface area contributed by atoms with Crippen LogP contribution < -0.4 is 0 Å². The maximum atomic E-state index is 12.0. The zero-order valence-corrected chi connectivity index (χ0v) is 9.80. The lowest BCUT2D eigenvalue weighted by Crippen LogP contribution is -2.16. The summed E-state index contributed by atoms with van der Waals surface area (Å²) in [5, 5.41) is 12.3. The number of ketones is 1. The normalized spacial score (nSPS) is 25.2. The predicted molar refractivity (Wildman–Crippen MR) is 65.4 cm³/mol. The zero-order valence-electron chi connectivity index (χ0n) is 9.80. The molecule has 1 heterocycles. The molecule has 0 amide bonds. The smallest absolute Gasteiger partial charge is 0.242 e. The Hall–Kier alpha value is -2.10. The lowest BCUT2D eigenvalue weighted by Gasteiger charge is -2.14. The Bertz CT molecular complexity index is 545. The standard InChI is InChI=1S/C14H13NO3/c16-10-7-4-8-11-13(10)12(14(15-17)18-11)9-5-2-1-3-6-9/h1-3,5-6,12,17H,4,7-8H2/b15-14+/t12-/m0/s1. The van der Waals surface area contributed by atoms with Crippen molar-refractivity contribution in [2.24, 2.45) is 5.16 Å². The molecule has 0 fully saturated rings. The van der Waals surface area contributed by atoms with E-state index in [0.717, 1.165) is 18.4 Å². The summed E-state index contributed by atoms with van der Waals surface area (Å²) in [6.07, 6.45) is 2.09. The third-order valence-corrected chi connectivity index (χ3v) is 3.40. The molecule has 1 aliphatic carbocycles. The van der Waals surface area contributed by atoms with Gasteiger partial charge in [0.1, 0.15) is 5.76 Å². The molecule has 4 nitrogen and oxygen atoms in total. The van der Waals surface area contributed by atoms with Crippen LogP contribution in [-0.4, -0.2) is 16.9 Å². The summed E-state index contributed by atoms with van der Waals surface area (Å²) >= 11 is 0. The molecule has 1 aliphatic heterocycles. The fourth-order valence-electron chi connectivity index (χ4n) is 2.60. The van der Waals surface area contributed by atoms with Gasteiger partial charge in [-0.05, 0) is 12.0 Å². The number of hydrogen-bond donors (Lipinski definition) is 1. The molecule has 1 aromatic carbocycles. The van der Waals surface area contributed by atoms with E-state index in [1.54, 1.807) is 0 Å². The Morgan fingerprint density at radius 2 is 2.00 bits per heavy atom. The molecule has 0 aromatic heterocycles. The number of allylic oxidation sites excluding steroid dienone is 1. The molecule has 18 heavy (non-hydrogen) atoms. The van der Waals surface area contributed by atoms with Crippen LogP contribution in [0.15, 0.2) is 46.8 Å². The third kappa shape index (κ3) is 1.61. The van der Waals surface area contributed by atoms with Gasteiger partial charge in [-0.1, -0.05) is 35.5 Å². The maximum Gasteiger partial charge on any atom is 0.242 e. The van der Waals surface area contributed by atoms with Crippen LogP contribution in [0, 0.1) is 0 Å². The minimum atomic E-state index is -0.348. The SMILES string of the molecule is O=C1CCCC2=C1[C@H](c1ccccc1)/C(=N\O)O2. The molecule has 1 atom stereocenters. The Balaban J connectivity index is 2.10. The maximum absolute atomic E-state index is 12.0. The van der Waals surface area contributed by atoms with Crippen LogP contribution in [0.5, 0.6) is 0 Å². The van der Waals surface area contributed by atoms with Crippen molar-refractivity contribution in [1.29, 1.82) is 0 Å². The monoisotopic (exact) mass is 243 g/mol. The molecule has 0 saturated carbocycles. The highest BCUT2D eigenvalue weighted by molar-refractivity contribution is 6.07. The predicted octanol–water partition coefficient (Wildman–Crippen LogP) is 2.60. The average Bonchev–Trinajstić information content (AvgIpc) is 2.79. The Morgan fingerprint density at radius 1 is 1.22 bits per heavy atom. The topological polar surface area (TPSA) is 58.9 Å². The van der Waals surface area contributed by atoms with E-state index < -0.39 is 0 Å². The summed E-state index contributed by atoms with van der Waals surface area (Å²) in [7, 11) is 0. The molecular formula is C14H13NO3. The van der Waals surface area contributed by atoms with Crippen LogP contribution in [0.3, 0.4) is 0 Å². The molecule has 0 saturated heterocycles. The van der Waals surface area contributed by atoms with Gasteiger partial charge in [0.2, 0.25) is 5.90 Å². The third-order valence-electron chi connectivity index (χ3n) is 3.40. The van der Waals surface area contributed by atoms with Crippen molar-refractivity contribution in [1.82, 2.24) is 0 Å². The number of carbonyl (C=O) groups is 1. The first-order chi connectivity index (χ1) is 8.81. The van der Waals surface area contributed by atoms with Gasteiger partial charge in [-0.2, -0.15) is 0 Å². The zero-order chi connectivity index (χ0) is 12.5. The van der Waals surface area contributed by atoms with E-state index >= 15 is 0 Å². The number of nitrogens with zero attached hydrogens (tertiary/aromatic N) is 1. The van der Waals surface area contributed by atoms with Crippen molar-refractivity contribution >= 4 is 11.7 Å². The fraction of sp³-hybridized carbons (Fsp3) is 0.286.